The van der Waals surface area contributed by atoms with Gasteiger partial charge < -0.3 is 9.96 Å². The lowest BCUT2D eigenvalue weighted by Crippen LogP contribution is -2.56. The van der Waals surface area contributed by atoms with Gasteiger partial charge in [0.2, 0.25) is 0 Å². The molecule has 0 aliphatic carbocycles. The van der Waals surface area contributed by atoms with E-state index in [9.17, 15) is 0 Å². The van der Waals surface area contributed by atoms with Crippen LogP contribution < -0.4 is 9.96 Å². The van der Waals surface area contributed by atoms with Gasteiger partial charge in [0, 0.05) is 0 Å². The predicted octanol–water partition coefficient (Wildman–Crippen LogP) is 1.40. The second-order valence-corrected chi connectivity index (χ2v) is 7.22. The van der Waals surface area contributed by atoms with Crippen molar-refractivity contribution in [3.05, 3.63) is 0 Å². The molecular formula is C6H17ClN2Si. The van der Waals surface area contributed by atoms with Crippen LogP contribution in [0.15, 0.2) is 0 Å². The Morgan fingerprint density at radius 3 is 2.30 bits per heavy atom. The van der Waals surface area contributed by atoms with Crippen molar-refractivity contribution >= 4 is 18.8 Å². The van der Waals surface area contributed by atoms with E-state index in [4.69, 9.17) is 11.1 Å². The molecule has 0 amide bonds. The van der Waals surface area contributed by atoms with E-state index in [0.717, 1.165) is 19.0 Å². The van der Waals surface area contributed by atoms with E-state index in [2.05, 4.69) is 23.8 Å². The molecule has 0 rings (SSSR count). The van der Waals surface area contributed by atoms with Crippen LogP contribution in [0.25, 0.3) is 0 Å². The predicted molar refractivity (Wildman–Crippen MR) is 49.4 cm³/mol. The Labute approximate surface area is 69.2 Å². The number of rotatable bonds is 5. The molecule has 0 aromatic carbocycles. The Bertz CT molecular complexity index is 83.8. The second kappa shape index (κ2) is 5.13. The van der Waals surface area contributed by atoms with Crippen molar-refractivity contribution < 1.29 is 0 Å². The van der Waals surface area contributed by atoms with Crippen molar-refractivity contribution in [1.29, 1.82) is 0 Å². The van der Waals surface area contributed by atoms with Gasteiger partial charge in [-0.2, -0.15) is 0 Å². The van der Waals surface area contributed by atoms with Crippen molar-refractivity contribution in [1.82, 2.24) is 9.96 Å². The van der Waals surface area contributed by atoms with Crippen LogP contribution in [-0.4, -0.2) is 21.3 Å². The van der Waals surface area contributed by atoms with E-state index in [-0.39, 0.29) is 0 Å². The van der Waals surface area contributed by atoms with Crippen LogP contribution >= 0.6 is 11.1 Å². The average molecular weight is 181 g/mol. The molecule has 0 aromatic rings. The van der Waals surface area contributed by atoms with Crippen molar-refractivity contribution in [2.24, 2.45) is 0 Å². The molecule has 0 saturated heterocycles. The third kappa shape index (κ3) is 3.56. The highest BCUT2D eigenvalue weighted by molar-refractivity contribution is 7.17. The molecule has 0 heterocycles. The van der Waals surface area contributed by atoms with Crippen molar-refractivity contribution in [2.45, 2.75) is 26.3 Å². The zero-order valence-electron chi connectivity index (χ0n) is 7.00. The van der Waals surface area contributed by atoms with Gasteiger partial charge in [0.1, 0.15) is 0 Å². The van der Waals surface area contributed by atoms with Gasteiger partial charge in [-0.15, -0.1) is 11.1 Å². The van der Waals surface area contributed by atoms with Gasteiger partial charge >= 0.3 is 7.71 Å². The summed E-state index contributed by atoms with van der Waals surface area (Å²) in [7, 11) is 0.177. The van der Waals surface area contributed by atoms with Gasteiger partial charge in [0.25, 0.3) is 0 Å². The van der Waals surface area contributed by atoms with Gasteiger partial charge in [-0.25, -0.2) is 0 Å². The highest BCUT2D eigenvalue weighted by atomic mass is 35.6. The van der Waals surface area contributed by atoms with Crippen molar-refractivity contribution in [3.63, 3.8) is 0 Å². The first-order valence-corrected chi connectivity index (χ1v) is 7.03. The molecule has 0 aliphatic rings. The fraction of sp³-hybridized carbons (Fsp3) is 1.00. The van der Waals surface area contributed by atoms with Crippen LogP contribution in [0.2, 0.25) is 6.04 Å². The minimum Gasteiger partial charge on any atom is -0.316 e. The first-order valence-electron chi connectivity index (χ1n) is 3.81. The number of hydrogen-bond acceptors (Lipinski definition) is 2. The average Bonchev–Trinajstić information content (AvgIpc) is 1.89. The maximum Gasteiger partial charge on any atom is 0.302 e. The number of halogens is 1. The molecule has 62 valence electrons. The quantitative estimate of drug-likeness (QED) is 0.494. The van der Waals surface area contributed by atoms with Gasteiger partial charge in [0.05, 0.1) is 0 Å². The number of hydrogen-bond donors (Lipinski definition) is 2. The molecule has 0 aromatic heterocycles. The van der Waals surface area contributed by atoms with E-state index in [1.165, 1.54) is 0 Å². The summed E-state index contributed by atoms with van der Waals surface area (Å²) in [6.07, 6.45) is 1.14. The highest BCUT2D eigenvalue weighted by Gasteiger charge is 2.26. The monoisotopic (exact) mass is 180 g/mol. The smallest absolute Gasteiger partial charge is 0.302 e. The fourth-order valence-electron chi connectivity index (χ4n) is 0.926. The van der Waals surface area contributed by atoms with Crippen LogP contribution in [0.5, 0.6) is 0 Å². The van der Waals surface area contributed by atoms with Gasteiger partial charge in [0.15, 0.2) is 0 Å². The molecule has 0 aliphatic heterocycles. The summed E-state index contributed by atoms with van der Waals surface area (Å²) in [5, 5.41) is 0. The Kier molecular flexibility index (Phi) is 5.35. The summed E-state index contributed by atoms with van der Waals surface area (Å²) >= 11 is 6.24. The van der Waals surface area contributed by atoms with Crippen LogP contribution in [0, 0.1) is 0 Å². The number of nitrogens with one attached hydrogen (secondary N) is 2. The molecule has 0 saturated carbocycles. The van der Waals surface area contributed by atoms with E-state index < -0.39 is 7.71 Å². The van der Waals surface area contributed by atoms with Crippen LogP contribution in [0.1, 0.15) is 20.3 Å². The van der Waals surface area contributed by atoms with E-state index in [1.807, 2.05) is 7.05 Å². The summed E-state index contributed by atoms with van der Waals surface area (Å²) < 4.78 is 0. The zero-order chi connectivity index (χ0) is 8.04. The maximum absolute atomic E-state index is 6.24. The van der Waals surface area contributed by atoms with Crippen LogP contribution in [-0.2, 0) is 0 Å². The molecule has 1 unspecified atom stereocenters. The van der Waals surface area contributed by atoms with Crippen LogP contribution in [0.3, 0.4) is 0 Å². The Balaban J connectivity index is 3.69. The fourth-order valence-corrected chi connectivity index (χ4v) is 3.75. The van der Waals surface area contributed by atoms with Crippen molar-refractivity contribution in [2.75, 3.05) is 13.6 Å². The minimum absolute atomic E-state index is 0.955. The molecule has 4 heteroatoms. The zero-order valence-corrected chi connectivity index (χ0v) is 8.76. The Morgan fingerprint density at radius 1 is 1.40 bits per heavy atom. The third-order valence-corrected chi connectivity index (χ3v) is 5.88. The first-order chi connectivity index (χ1) is 4.68. The molecule has 2 nitrogen and oxygen atoms in total. The summed E-state index contributed by atoms with van der Waals surface area (Å²) in [4.78, 5) is 6.48. The van der Waals surface area contributed by atoms with Crippen molar-refractivity contribution in [3.8, 4) is 0 Å². The van der Waals surface area contributed by atoms with Gasteiger partial charge in [-0.3, -0.25) is 0 Å². The summed E-state index contributed by atoms with van der Waals surface area (Å²) in [6.45, 7) is 5.19. The SMILES string of the molecule is CCC[Si](Cl)(NC)NCC. The third-order valence-electron chi connectivity index (χ3n) is 1.45. The molecule has 2 N–H and O–H groups in total. The Hall–Kier alpha value is 0.427. The lowest BCUT2D eigenvalue weighted by molar-refractivity contribution is 0.890. The molecular weight excluding hydrogens is 164 g/mol. The molecule has 0 fully saturated rings. The molecule has 0 radical (unpaired) electrons. The normalized spacial score (nSPS) is 16.8. The van der Waals surface area contributed by atoms with Gasteiger partial charge in [-0.05, 0) is 19.6 Å². The largest absolute Gasteiger partial charge is 0.316 e. The maximum atomic E-state index is 6.24. The highest BCUT2D eigenvalue weighted by Crippen LogP contribution is 2.08. The minimum atomic E-state index is -1.75. The lowest BCUT2D eigenvalue weighted by Gasteiger charge is -2.22. The van der Waals surface area contributed by atoms with Gasteiger partial charge in [-0.1, -0.05) is 20.3 Å². The standard InChI is InChI=1S/C6H17ClN2Si/c1-4-6-10(7,8-3)9-5-2/h8-9H,4-6H2,1-3H3. The molecule has 1 atom stereocenters. The van der Waals surface area contributed by atoms with Crippen LogP contribution in [0.4, 0.5) is 0 Å². The summed E-state index contributed by atoms with van der Waals surface area (Å²) in [5.74, 6) is 0. The Morgan fingerprint density at radius 2 is 2.00 bits per heavy atom. The second-order valence-electron chi connectivity index (χ2n) is 2.33. The first kappa shape index (κ1) is 10.4. The lowest BCUT2D eigenvalue weighted by atomic mass is 10.6. The topological polar surface area (TPSA) is 24.1 Å². The summed E-state index contributed by atoms with van der Waals surface area (Å²) in [5.41, 5.74) is 0. The van der Waals surface area contributed by atoms with E-state index >= 15 is 0 Å². The molecule has 0 bridgehead atoms. The van der Waals surface area contributed by atoms with E-state index in [0.29, 0.717) is 0 Å². The van der Waals surface area contributed by atoms with E-state index in [1.54, 1.807) is 0 Å². The summed E-state index contributed by atoms with van der Waals surface area (Å²) in [6, 6.07) is 1.08. The molecule has 0 spiro atoms. The molecule has 10 heavy (non-hydrogen) atoms.